The molecule has 18 heavy (non-hydrogen) atoms. The summed E-state index contributed by atoms with van der Waals surface area (Å²) in [7, 11) is -1.78. The zero-order valence-corrected chi connectivity index (χ0v) is 13.0. The van der Waals surface area contributed by atoms with Gasteiger partial charge in [-0.2, -0.15) is 22.3 Å². The third-order valence-electron chi connectivity index (χ3n) is 3.54. The van der Waals surface area contributed by atoms with Crippen LogP contribution in [0.25, 0.3) is 0 Å². The molecule has 0 aromatic heterocycles. The Morgan fingerprint density at radius 2 is 1.89 bits per heavy atom. The van der Waals surface area contributed by atoms with Crippen LogP contribution in [0, 0.1) is 11.3 Å². The fourth-order valence-corrected chi connectivity index (χ4v) is 4.11. The van der Waals surface area contributed by atoms with Crippen molar-refractivity contribution in [2.75, 3.05) is 26.4 Å². The second-order valence-corrected chi connectivity index (χ2v) is 8.00. The molecular formula is C11H21N3O2S2. The van der Waals surface area contributed by atoms with Crippen LogP contribution in [0.3, 0.4) is 0 Å². The van der Waals surface area contributed by atoms with E-state index in [9.17, 15) is 13.7 Å². The summed E-state index contributed by atoms with van der Waals surface area (Å²) >= 11 is 1.52. The van der Waals surface area contributed by atoms with Gasteiger partial charge < -0.3 is 0 Å². The fourth-order valence-electron chi connectivity index (χ4n) is 1.89. The molecule has 0 amide bonds. The van der Waals surface area contributed by atoms with E-state index in [0.29, 0.717) is 25.9 Å². The van der Waals surface area contributed by atoms with Gasteiger partial charge in [0.15, 0.2) is 0 Å². The van der Waals surface area contributed by atoms with Crippen molar-refractivity contribution < 1.29 is 8.42 Å². The summed E-state index contributed by atoms with van der Waals surface area (Å²) in [6, 6.07) is 2.26. The van der Waals surface area contributed by atoms with Crippen LogP contribution < -0.4 is 0 Å². The highest BCUT2D eigenvalue weighted by Gasteiger charge is 2.39. The molecule has 0 spiro atoms. The summed E-state index contributed by atoms with van der Waals surface area (Å²) in [6.07, 6.45) is 3.10. The van der Waals surface area contributed by atoms with E-state index in [4.69, 9.17) is 0 Å². The van der Waals surface area contributed by atoms with Crippen molar-refractivity contribution in [1.29, 1.82) is 5.26 Å². The predicted octanol–water partition coefficient (Wildman–Crippen LogP) is 1.29. The molecule has 0 unspecified atom stereocenters. The van der Waals surface area contributed by atoms with Crippen LogP contribution in [-0.4, -0.2) is 54.2 Å². The lowest BCUT2D eigenvalue weighted by atomic mass is 9.99. The first-order chi connectivity index (χ1) is 8.29. The third kappa shape index (κ3) is 2.99. The lowest BCUT2D eigenvalue weighted by Gasteiger charge is -2.37. The van der Waals surface area contributed by atoms with Crippen LogP contribution in [0.15, 0.2) is 0 Å². The maximum atomic E-state index is 12.3. The van der Waals surface area contributed by atoms with Crippen molar-refractivity contribution in [3.8, 4) is 6.07 Å². The molecule has 0 saturated carbocycles. The van der Waals surface area contributed by atoms with Gasteiger partial charge in [-0.1, -0.05) is 0 Å². The van der Waals surface area contributed by atoms with Crippen LogP contribution >= 0.6 is 11.8 Å². The number of piperidine rings is 1. The first kappa shape index (κ1) is 15.8. The minimum absolute atomic E-state index is 0.0572. The molecule has 1 aliphatic heterocycles. The smallest absolute Gasteiger partial charge is 0.197 e. The molecule has 0 radical (unpaired) electrons. The number of nitriles is 1. The zero-order valence-electron chi connectivity index (χ0n) is 11.4. The van der Waals surface area contributed by atoms with Crippen molar-refractivity contribution in [3.05, 3.63) is 0 Å². The summed E-state index contributed by atoms with van der Waals surface area (Å²) in [4.78, 5) is 0. The number of rotatable bonds is 4. The standard InChI is InChI=1S/C11H21N3O2S2/c1-10(2)13(3)18(15,16)14-7-5-11(9-12,17-4)6-8-14/h10H,5-8H2,1-4H3. The minimum atomic E-state index is -3.38. The van der Waals surface area contributed by atoms with Gasteiger partial charge in [-0.3, -0.25) is 0 Å². The molecule has 1 fully saturated rings. The molecule has 5 nitrogen and oxygen atoms in total. The van der Waals surface area contributed by atoms with Gasteiger partial charge >= 0.3 is 0 Å². The summed E-state index contributed by atoms with van der Waals surface area (Å²) in [5.74, 6) is 0. The van der Waals surface area contributed by atoms with E-state index in [0.717, 1.165) is 0 Å². The average molecular weight is 291 g/mol. The number of thioether (sulfide) groups is 1. The Kier molecular flexibility index (Phi) is 5.06. The van der Waals surface area contributed by atoms with Gasteiger partial charge in [0.1, 0.15) is 4.75 Å². The van der Waals surface area contributed by atoms with Crippen LogP contribution in [-0.2, 0) is 10.2 Å². The number of hydrogen-bond acceptors (Lipinski definition) is 4. The summed E-state index contributed by atoms with van der Waals surface area (Å²) < 4.78 is 27.0. The highest BCUT2D eigenvalue weighted by molar-refractivity contribution is 8.00. The molecule has 7 heteroatoms. The van der Waals surface area contributed by atoms with E-state index in [2.05, 4.69) is 6.07 Å². The van der Waals surface area contributed by atoms with E-state index in [1.165, 1.54) is 20.4 Å². The van der Waals surface area contributed by atoms with Crippen LogP contribution in [0.4, 0.5) is 0 Å². The van der Waals surface area contributed by atoms with Gasteiger partial charge in [0.2, 0.25) is 0 Å². The van der Waals surface area contributed by atoms with E-state index in [-0.39, 0.29) is 6.04 Å². The molecule has 0 bridgehead atoms. The molecule has 1 aliphatic rings. The highest BCUT2D eigenvalue weighted by Crippen LogP contribution is 2.34. The summed E-state index contributed by atoms with van der Waals surface area (Å²) in [5.41, 5.74) is 0. The molecule has 0 aromatic carbocycles. The molecule has 1 heterocycles. The van der Waals surface area contributed by atoms with Crippen LogP contribution in [0.1, 0.15) is 26.7 Å². The minimum Gasteiger partial charge on any atom is -0.197 e. The summed E-state index contributed by atoms with van der Waals surface area (Å²) in [6.45, 7) is 4.55. The maximum absolute atomic E-state index is 12.3. The van der Waals surface area contributed by atoms with Crippen molar-refractivity contribution in [2.45, 2.75) is 37.5 Å². The van der Waals surface area contributed by atoms with E-state index >= 15 is 0 Å². The van der Waals surface area contributed by atoms with Gasteiger partial charge in [-0.05, 0) is 32.9 Å². The second kappa shape index (κ2) is 5.78. The molecule has 1 rings (SSSR count). The number of nitrogens with zero attached hydrogens (tertiary/aromatic N) is 3. The lowest BCUT2D eigenvalue weighted by molar-refractivity contribution is 0.290. The molecule has 0 aromatic rings. The van der Waals surface area contributed by atoms with E-state index < -0.39 is 15.0 Å². The monoisotopic (exact) mass is 291 g/mol. The second-order valence-electron chi connectivity index (χ2n) is 4.83. The average Bonchev–Trinajstić information content (AvgIpc) is 2.37. The molecule has 0 N–H and O–H groups in total. The summed E-state index contributed by atoms with van der Waals surface area (Å²) in [5, 5.41) is 9.18. The molecule has 1 saturated heterocycles. The van der Waals surface area contributed by atoms with Crippen molar-refractivity contribution in [2.24, 2.45) is 0 Å². The van der Waals surface area contributed by atoms with Crippen LogP contribution in [0.2, 0.25) is 0 Å². The third-order valence-corrected chi connectivity index (χ3v) is 6.99. The molecule has 0 aliphatic carbocycles. The van der Waals surface area contributed by atoms with E-state index in [1.807, 2.05) is 20.1 Å². The Hall–Kier alpha value is -0.290. The number of hydrogen-bond donors (Lipinski definition) is 0. The van der Waals surface area contributed by atoms with Crippen LogP contribution in [0.5, 0.6) is 0 Å². The normalized spacial score (nSPS) is 21.2. The zero-order chi connectivity index (χ0) is 14.0. The topological polar surface area (TPSA) is 64.4 Å². The van der Waals surface area contributed by atoms with E-state index in [1.54, 1.807) is 7.05 Å². The predicted molar refractivity (Wildman–Crippen MR) is 74.5 cm³/mol. The fraction of sp³-hybridized carbons (Fsp3) is 0.909. The Morgan fingerprint density at radius 1 is 1.39 bits per heavy atom. The quantitative estimate of drug-likeness (QED) is 0.783. The Labute approximate surface area is 114 Å². The molecule has 104 valence electrons. The van der Waals surface area contributed by atoms with Gasteiger partial charge in [0.25, 0.3) is 10.2 Å². The van der Waals surface area contributed by atoms with Gasteiger partial charge in [-0.25, -0.2) is 0 Å². The SMILES string of the molecule is CSC1(C#N)CCN(S(=O)(=O)N(C)C(C)C)CC1. The first-order valence-electron chi connectivity index (χ1n) is 5.98. The lowest BCUT2D eigenvalue weighted by Crippen LogP contribution is -2.50. The Balaban J connectivity index is 2.78. The first-order valence-corrected chi connectivity index (χ1v) is 8.61. The van der Waals surface area contributed by atoms with Crippen molar-refractivity contribution in [1.82, 2.24) is 8.61 Å². The van der Waals surface area contributed by atoms with Gasteiger partial charge in [0.05, 0.1) is 6.07 Å². The molecular weight excluding hydrogens is 270 g/mol. The Bertz CT molecular complexity index is 420. The van der Waals surface area contributed by atoms with Gasteiger partial charge in [-0.15, -0.1) is 11.8 Å². The van der Waals surface area contributed by atoms with Crippen molar-refractivity contribution >= 4 is 22.0 Å². The maximum Gasteiger partial charge on any atom is 0.281 e. The van der Waals surface area contributed by atoms with Gasteiger partial charge in [0, 0.05) is 26.2 Å². The molecule has 0 atom stereocenters. The largest absolute Gasteiger partial charge is 0.281 e. The Morgan fingerprint density at radius 3 is 2.22 bits per heavy atom. The highest BCUT2D eigenvalue weighted by atomic mass is 32.2. The van der Waals surface area contributed by atoms with Crippen molar-refractivity contribution in [3.63, 3.8) is 0 Å².